The Morgan fingerprint density at radius 1 is 1.04 bits per heavy atom. The van der Waals surface area contributed by atoms with Crippen LogP contribution in [0.25, 0.3) is 0 Å². The van der Waals surface area contributed by atoms with Gasteiger partial charge in [0.2, 0.25) is 6.79 Å². The quantitative estimate of drug-likeness (QED) is 0.281. The number of nitrogens with zero attached hydrogens (tertiary/aromatic N) is 3. The lowest BCUT2D eigenvalue weighted by Crippen LogP contribution is -2.69. The highest BCUT2D eigenvalue weighted by Crippen LogP contribution is 2.64. The molecule has 2 N–H and O–H groups in total. The number of carbonyl (C=O) groups excluding carboxylic acids is 4. The van der Waals surface area contributed by atoms with Crippen LogP contribution in [0, 0.1) is 25.2 Å². The summed E-state index contributed by atoms with van der Waals surface area (Å²) in [6, 6.07) is 6.46. The molecule has 6 aliphatic rings. The number of hydrogen-bond donors (Lipinski definition) is 2. The number of likely N-dealkylation sites (N-methyl/N-ethyl adjacent to an activating group) is 1. The fourth-order valence-corrected chi connectivity index (χ4v) is 10.8. The Labute approximate surface area is 326 Å². The fourth-order valence-electron chi connectivity index (χ4n) is 9.27. The molecule has 2 saturated heterocycles. The number of phenols is 1. The summed E-state index contributed by atoms with van der Waals surface area (Å²) in [5.41, 5.74) is 4.04. The molecule has 0 aromatic heterocycles. The number of hydrogen-bond acceptors (Lipinski definition) is 15. The first-order chi connectivity index (χ1) is 26.9. The summed E-state index contributed by atoms with van der Waals surface area (Å²) >= 11 is 1.31. The Morgan fingerprint density at radius 2 is 1.77 bits per heavy atom. The fraction of sp³-hybridized carbons (Fsp3) is 0.425. The number of ether oxygens (including phenoxy) is 6. The third-order valence-corrected chi connectivity index (χ3v) is 12.9. The van der Waals surface area contributed by atoms with Gasteiger partial charge in [-0.3, -0.25) is 19.4 Å². The van der Waals surface area contributed by atoms with Crippen molar-refractivity contribution in [1.82, 2.24) is 15.1 Å². The number of aromatic hydroxyl groups is 1. The van der Waals surface area contributed by atoms with Crippen molar-refractivity contribution >= 4 is 35.6 Å². The molecule has 2 unspecified atom stereocenters. The lowest BCUT2D eigenvalue weighted by Gasteiger charge is -2.61. The van der Waals surface area contributed by atoms with Crippen molar-refractivity contribution in [2.45, 2.75) is 68.7 Å². The molecule has 15 nitrogen and oxygen atoms in total. The topological polar surface area (TPSA) is 186 Å². The van der Waals surface area contributed by atoms with E-state index in [2.05, 4.69) is 21.2 Å². The van der Waals surface area contributed by atoms with Gasteiger partial charge in [0.05, 0.1) is 48.7 Å². The van der Waals surface area contributed by atoms with Gasteiger partial charge in [0.25, 0.3) is 5.91 Å². The summed E-state index contributed by atoms with van der Waals surface area (Å²) in [6.45, 7) is 4.57. The lowest BCUT2D eigenvalue weighted by molar-refractivity contribution is -0.151. The number of carbonyl (C=O) groups is 4. The molecule has 3 aromatic carbocycles. The van der Waals surface area contributed by atoms with E-state index in [-0.39, 0.29) is 47.8 Å². The number of piperazine rings is 1. The van der Waals surface area contributed by atoms with E-state index in [9.17, 15) is 29.5 Å². The molecule has 2 fully saturated rings. The number of nitrogens with one attached hydrogen (secondary N) is 1. The normalized spacial score (nSPS) is 26.1. The van der Waals surface area contributed by atoms with Crippen LogP contribution in [0.4, 0.5) is 0 Å². The van der Waals surface area contributed by atoms with E-state index in [1.54, 1.807) is 19.1 Å². The second-order valence-electron chi connectivity index (χ2n) is 14.4. The summed E-state index contributed by atoms with van der Waals surface area (Å²) in [5.74, 6) is -1.34. The van der Waals surface area contributed by atoms with E-state index in [0.717, 1.165) is 11.1 Å². The van der Waals surface area contributed by atoms with Crippen LogP contribution in [-0.4, -0.2) is 103 Å². The molecule has 56 heavy (non-hydrogen) atoms. The van der Waals surface area contributed by atoms with E-state index in [4.69, 9.17) is 28.4 Å². The van der Waals surface area contributed by atoms with Crippen molar-refractivity contribution < 1.29 is 52.7 Å². The van der Waals surface area contributed by atoms with Gasteiger partial charge in [0, 0.05) is 47.0 Å². The predicted octanol–water partition coefficient (Wildman–Crippen LogP) is 3.82. The third kappa shape index (κ3) is 5.62. The molecular formula is C40H40N4O11S. The molecular weight excluding hydrogens is 745 g/mol. The maximum atomic E-state index is 14.0. The van der Waals surface area contributed by atoms with Crippen LogP contribution < -0.4 is 24.3 Å². The molecule has 16 heteroatoms. The van der Waals surface area contributed by atoms with E-state index in [0.29, 0.717) is 45.9 Å². The van der Waals surface area contributed by atoms with Crippen LogP contribution in [-0.2, 0) is 25.5 Å². The van der Waals surface area contributed by atoms with E-state index in [1.165, 1.54) is 45.0 Å². The average Bonchev–Trinajstić information content (AvgIpc) is 3.67. The number of methoxy groups -OCH3 is 2. The van der Waals surface area contributed by atoms with E-state index < -0.39 is 59.3 Å². The summed E-state index contributed by atoms with van der Waals surface area (Å²) < 4.78 is 34.8. The van der Waals surface area contributed by atoms with Crippen molar-refractivity contribution in [1.29, 1.82) is 5.26 Å². The lowest BCUT2D eigenvalue weighted by atomic mass is 9.71. The number of thioether (sulfide) groups is 1. The van der Waals surface area contributed by atoms with Crippen LogP contribution in [0.3, 0.4) is 0 Å². The number of benzene rings is 3. The zero-order valence-electron chi connectivity index (χ0n) is 31.5. The van der Waals surface area contributed by atoms with Gasteiger partial charge in [0.1, 0.15) is 24.4 Å². The summed E-state index contributed by atoms with van der Waals surface area (Å²) in [4.78, 5) is 57.4. The minimum absolute atomic E-state index is 0.00531. The number of rotatable bonds is 5. The summed E-state index contributed by atoms with van der Waals surface area (Å²) in [6.07, 6.45) is 0.449. The Balaban J connectivity index is 1.33. The molecule has 9 rings (SSSR count). The van der Waals surface area contributed by atoms with Crippen LogP contribution >= 0.6 is 11.8 Å². The molecule has 0 aliphatic carbocycles. The van der Waals surface area contributed by atoms with Crippen LogP contribution in [0.2, 0.25) is 0 Å². The van der Waals surface area contributed by atoms with Crippen LogP contribution in [0.15, 0.2) is 30.3 Å². The number of amides is 1. The Kier molecular flexibility index (Phi) is 9.50. The van der Waals surface area contributed by atoms with Crippen LogP contribution in [0.5, 0.6) is 28.7 Å². The first-order valence-corrected chi connectivity index (χ1v) is 19.2. The summed E-state index contributed by atoms with van der Waals surface area (Å²) in [7, 11) is 4.65. The number of fused-ring (bicyclic) bond motifs is 10. The maximum absolute atomic E-state index is 14.0. The Hall–Kier alpha value is -5.50. The molecule has 4 bridgehead atoms. The summed E-state index contributed by atoms with van der Waals surface area (Å²) in [5, 5.41) is 25.1. The molecule has 0 saturated carbocycles. The van der Waals surface area contributed by atoms with Gasteiger partial charge in [-0.25, -0.2) is 9.59 Å². The second-order valence-corrected chi connectivity index (χ2v) is 15.6. The number of phenolic OH excluding ortho intramolecular Hbond substituents is 1. The molecule has 1 amide bonds. The molecule has 292 valence electrons. The Bertz CT molecular complexity index is 2240. The predicted molar refractivity (Wildman–Crippen MR) is 199 cm³/mol. The van der Waals surface area contributed by atoms with Crippen molar-refractivity contribution in [3.05, 3.63) is 74.8 Å². The van der Waals surface area contributed by atoms with E-state index >= 15 is 0 Å². The van der Waals surface area contributed by atoms with Crippen LogP contribution in [0.1, 0.15) is 78.4 Å². The van der Waals surface area contributed by atoms with Gasteiger partial charge in [0.15, 0.2) is 23.0 Å². The van der Waals surface area contributed by atoms with Crippen molar-refractivity contribution in [2.24, 2.45) is 0 Å². The van der Waals surface area contributed by atoms with Gasteiger partial charge >= 0.3 is 17.9 Å². The largest absolute Gasteiger partial charge is 0.504 e. The zero-order chi connectivity index (χ0) is 39.7. The third-order valence-electron chi connectivity index (χ3n) is 11.5. The van der Waals surface area contributed by atoms with Crippen molar-refractivity contribution in [2.75, 3.05) is 40.4 Å². The average molecular weight is 785 g/mol. The monoisotopic (exact) mass is 784 g/mol. The van der Waals surface area contributed by atoms with Crippen molar-refractivity contribution in [3.8, 4) is 34.8 Å². The molecule has 6 aliphatic heterocycles. The van der Waals surface area contributed by atoms with E-state index in [1.807, 2.05) is 20.0 Å². The molecule has 7 atom stereocenters. The van der Waals surface area contributed by atoms with Gasteiger partial charge in [-0.15, -0.1) is 11.8 Å². The first-order valence-electron chi connectivity index (χ1n) is 18.1. The van der Waals surface area contributed by atoms with Gasteiger partial charge in [-0.2, -0.15) is 5.26 Å². The molecule has 0 radical (unpaired) electrons. The van der Waals surface area contributed by atoms with Gasteiger partial charge in [-0.05, 0) is 50.6 Å². The first kappa shape index (κ1) is 37.4. The van der Waals surface area contributed by atoms with Gasteiger partial charge in [-0.1, -0.05) is 18.2 Å². The Morgan fingerprint density at radius 3 is 2.46 bits per heavy atom. The molecule has 3 aromatic rings. The minimum atomic E-state index is -1.20. The number of aryl methyl sites for hydroxylation is 1. The van der Waals surface area contributed by atoms with Gasteiger partial charge < -0.3 is 38.8 Å². The second kappa shape index (κ2) is 14.2. The highest BCUT2D eigenvalue weighted by Gasteiger charge is 2.60. The number of nitriles is 1. The highest BCUT2D eigenvalue weighted by molar-refractivity contribution is 7.99. The maximum Gasteiger partial charge on any atom is 0.338 e. The standard InChI is InChI=1S/C40H40N4O11S/c1-17-11-20-12-24-25(13-41)44-26-14-52-40(49)23(42-38(47)21-9-7-8-10-22(21)39(48)51-6)15-56-37(31(44)30(43(24)4)27(20)32(46)33(17)50-5)29-28(26)36-35(53-16-54-36)18(2)34(29)55-19(3)45/h7-11,23-26,30-31,37,46H,12,14-16H2,1-6H3,(H,42,47)/t23?,24-,25-,26-,30+,31?,37+/m0/s1. The highest BCUT2D eigenvalue weighted by atomic mass is 32.2. The minimum Gasteiger partial charge on any atom is -0.504 e. The molecule has 0 spiro atoms. The zero-order valence-corrected chi connectivity index (χ0v) is 32.4. The number of esters is 3. The molecule has 6 heterocycles. The van der Waals surface area contributed by atoms with Crippen molar-refractivity contribution in [3.63, 3.8) is 0 Å². The smallest absolute Gasteiger partial charge is 0.338 e. The SMILES string of the molecule is COC(=O)c1ccccc1C(=O)NC1CS[C@@H]2c3c(OC(C)=O)c(C)c4c(c3[C@H](COC1=O)N1C2[C@H]2c3c(cc(C)c(OC)c3O)C[C@@H]([C@@H]1C#N)N2C)OCO4.